The average Bonchev–Trinajstić information content (AvgIpc) is 2.49. The van der Waals surface area contributed by atoms with Crippen molar-refractivity contribution >= 4 is 50.7 Å². The van der Waals surface area contributed by atoms with E-state index in [0.717, 1.165) is 10.5 Å². The first-order valence-corrected chi connectivity index (χ1v) is 7.82. The van der Waals surface area contributed by atoms with Crippen LogP contribution in [0.5, 0.6) is 0 Å². The standard InChI is InChI=1S/C16H13BrClFN2O2/c1-10(22)21(13-5-2-11(17)3-6-13)9-16(23)20-12-4-7-15(19)14(18)8-12/h2-8H,9H2,1H3,(H,20,23). The molecular formula is C16H13BrClFN2O2. The van der Waals surface area contributed by atoms with Gasteiger partial charge in [0.1, 0.15) is 12.4 Å². The minimum atomic E-state index is -0.565. The lowest BCUT2D eigenvalue weighted by Crippen LogP contribution is -2.36. The highest BCUT2D eigenvalue weighted by Crippen LogP contribution is 2.21. The second kappa shape index (κ2) is 7.57. The summed E-state index contributed by atoms with van der Waals surface area (Å²) in [6.45, 7) is 1.22. The lowest BCUT2D eigenvalue weighted by molar-refractivity contribution is -0.120. The number of halogens is 3. The van der Waals surface area contributed by atoms with Crippen molar-refractivity contribution in [3.63, 3.8) is 0 Å². The quantitative estimate of drug-likeness (QED) is 0.836. The summed E-state index contributed by atoms with van der Waals surface area (Å²) in [5.74, 6) is -1.24. The van der Waals surface area contributed by atoms with Gasteiger partial charge in [0, 0.05) is 22.8 Å². The highest BCUT2D eigenvalue weighted by atomic mass is 79.9. The highest BCUT2D eigenvalue weighted by Gasteiger charge is 2.16. The van der Waals surface area contributed by atoms with Gasteiger partial charge in [-0.25, -0.2) is 4.39 Å². The van der Waals surface area contributed by atoms with Gasteiger partial charge in [0.15, 0.2) is 0 Å². The second-order valence-electron chi connectivity index (χ2n) is 4.76. The monoisotopic (exact) mass is 398 g/mol. The van der Waals surface area contributed by atoms with Crippen LogP contribution in [0.2, 0.25) is 5.02 Å². The molecule has 0 heterocycles. The summed E-state index contributed by atoms with van der Waals surface area (Å²) in [6, 6.07) is 10.9. The Morgan fingerprint density at radius 2 is 1.87 bits per heavy atom. The van der Waals surface area contributed by atoms with E-state index in [9.17, 15) is 14.0 Å². The maximum Gasteiger partial charge on any atom is 0.244 e. The predicted octanol–water partition coefficient (Wildman–Crippen LogP) is 4.23. The molecule has 0 spiro atoms. The largest absolute Gasteiger partial charge is 0.324 e. The first-order chi connectivity index (χ1) is 10.9. The zero-order valence-electron chi connectivity index (χ0n) is 12.1. The third-order valence-corrected chi connectivity index (χ3v) is 3.84. The molecule has 0 unspecified atom stereocenters. The number of anilines is 2. The number of nitrogens with zero attached hydrogens (tertiary/aromatic N) is 1. The van der Waals surface area contributed by atoms with Gasteiger partial charge >= 0.3 is 0 Å². The Kier molecular flexibility index (Phi) is 5.74. The predicted molar refractivity (Wildman–Crippen MR) is 92.2 cm³/mol. The zero-order chi connectivity index (χ0) is 17.0. The Morgan fingerprint density at radius 3 is 2.43 bits per heavy atom. The Hall–Kier alpha value is -1.92. The van der Waals surface area contributed by atoms with Crippen LogP contribution in [-0.2, 0) is 9.59 Å². The molecule has 0 aromatic heterocycles. The van der Waals surface area contributed by atoms with E-state index < -0.39 is 11.7 Å². The first-order valence-electron chi connectivity index (χ1n) is 6.65. The molecule has 0 saturated heterocycles. The van der Waals surface area contributed by atoms with E-state index in [2.05, 4.69) is 21.2 Å². The van der Waals surface area contributed by atoms with Gasteiger partial charge in [-0.3, -0.25) is 9.59 Å². The Morgan fingerprint density at radius 1 is 1.22 bits per heavy atom. The van der Waals surface area contributed by atoms with Crippen LogP contribution in [0.1, 0.15) is 6.92 Å². The van der Waals surface area contributed by atoms with E-state index in [0.29, 0.717) is 11.4 Å². The fourth-order valence-electron chi connectivity index (χ4n) is 1.92. The van der Waals surface area contributed by atoms with Gasteiger partial charge in [0.25, 0.3) is 0 Å². The molecule has 120 valence electrons. The van der Waals surface area contributed by atoms with Gasteiger partial charge in [0.05, 0.1) is 5.02 Å². The number of hydrogen-bond acceptors (Lipinski definition) is 2. The molecule has 23 heavy (non-hydrogen) atoms. The first kappa shape index (κ1) is 17.4. The number of carbonyl (C=O) groups excluding carboxylic acids is 2. The summed E-state index contributed by atoms with van der Waals surface area (Å²) in [7, 11) is 0. The summed E-state index contributed by atoms with van der Waals surface area (Å²) in [5, 5.41) is 2.50. The molecule has 0 aliphatic heterocycles. The van der Waals surface area contributed by atoms with Crippen LogP contribution < -0.4 is 10.2 Å². The second-order valence-corrected chi connectivity index (χ2v) is 6.08. The fourth-order valence-corrected chi connectivity index (χ4v) is 2.37. The normalized spacial score (nSPS) is 10.3. The molecule has 2 amide bonds. The van der Waals surface area contributed by atoms with Gasteiger partial charge in [-0.15, -0.1) is 0 Å². The van der Waals surface area contributed by atoms with Crippen LogP contribution in [0.3, 0.4) is 0 Å². The maximum absolute atomic E-state index is 13.1. The molecule has 0 saturated carbocycles. The Labute approximate surface area is 146 Å². The number of amides is 2. The molecule has 0 fully saturated rings. The molecule has 0 atom stereocenters. The van der Waals surface area contributed by atoms with Crippen LogP contribution in [0.4, 0.5) is 15.8 Å². The van der Waals surface area contributed by atoms with E-state index in [-0.39, 0.29) is 17.5 Å². The van der Waals surface area contributed by atoms with Crippen molar-refractivity contribution in [2.75, 3.05) is 16.8 Å². The Bertz CT molecular complexity index is 737. The number of carbonyl (C=O) groups is 2. The third kappa shape index (κ3) is 4.77. The van der Waals surface area contributed by atoms with Crippen molar-refractivity contribution in [3.8, 4) is 0 Å². The summed E-state index contributed by atoms with van der Waals surface area (Å²) < 4.78 is 14.0. The van der Waals surface area contributed by atoms with E-state index in [1.165, 1.54) is 24.0 Å². The minimum absolute atomic E-state index is 0.0841. The van der Waals surface area contributed by atoms with Crippen molar-refractivity contribution in [2.45, 2.75) is 6.92 Å². The number of rotatable bonds is 4. The molecule has 2 rings (SSSR count). The molecule has 0 aliphatic rings. The summed E-state index contributed by atoms with van der Waals surface area (Å²) >= 11 is 8.98. The number of hydrogen-bond donors (Lipinski definition) is 1. The average molecular weight is 400 g/mol. The van der Waals surface area contributed by atoms with E-state index >= 15 is 0 Å². The third-order valence-electron chi connectivity index (χ3n) is 3.02. The molecule has 2 aromatic rings. The van der Waals surface area contributed by atoms with Crippen molar-refractivity contribution in [2.24, 2.45) is 0 Å². The summed E-state index contributed by atoms with van der Waals surface area (Å²) in [6.07, 6.45) is 0. The Balaban J connectivity index is 2.10. The van der Waals surface area contributed by atoms with Gasteiger partial charge in [0.2, 0.25) is 11.8 Å². The van der Waals surface area contributed by atoms with Crippen LogP contribution in [0.15, 0.2) is 46.9 Å². The van der Waals surface area contributed by atoms with Crippen molar-refractivity contribution < 1.29 is 14.0 Å². The van der Waals surface area contributed by atoms with Crippen LogP contribution >= 0.6 is 27.5 Å². The van der Waals surface area contributed by atoms with Crippen molar-refractivity contribution in [3.05, 3.63) is 57.8 Å². The van der Waals surface area contributed by atoms with E-state index in [1.54, 1.807) is 24.3 Å². The minimum Gasteiger partial charge on any atom is -0.324 e. The van der Waals surface area contributed by atoms with Gasteiger partial charge < -0.3 is 10.2 Å². The van der Waals surface area contributed by atoms with Crippen LogP contribution in [0.25, 0.3) is 0 Å². The van der Waals surface area contributed by atoms with Crippen molar-refractivity contribution in [1.82, 2.24) is 0 Å². The molecule has 4 nitrogen and oxygen atoms in total. The topological polar surface area (TPSA) is 49.4 Å². The molecule has 0 aliphatic carbocycles. The van der Waals surface area contributed by atoms with E-state index in [4.69, 9.17) is 11.6 Å². The van der Waals surface area contributed by atoms with Gasteiger partial charge in [-0.1, -0.05) is 27.5 Å². The summed E-state index contributed by atoms with van der Waals surface area (Å²) in [4.78, 5) is 25.2. The zero-order valence-corrected chi connectivity index (χ0v) is 14.5. The van der Waals surface area contributed by atoms with Crippen molar-refractivity contribution in [1.29, 1.82) is 0 Å². The lowest BCUT2D eigenvalue weighted by Gasteiger charge is -2.20. The fraction of sp³-hybridized carbons (Fsp3) is 0.125. The summed E-state index contributed by atoms with van der Waals surface area (Å²) in [5.41, 5.74) is 0.966. The molecular weight excluding hydrogens is 387 g/mol. The van der Waals surface area contributed by atoms with Gasteiger partial charge in [-0.2, -0.15) is 0 Å². The molecule has 2 aromatic carbocycles. The molecule has 1 N–H and O–H groups in total. The molecule has 7 heteroatoms. The van der Waals surface area contributed by atoms with Crippen LogP contribution in [0, 0.1) is 5.82 Å². The SMILES string of the molecule is CC(=O)N(CC(=O)Nc1ccc(F)c(Cl)c1)c1ccc(Br)cc1. The van der Waals surface area contributed by atoms with Gasteiger partial charge in [-0.05, 0) is 42.5 Å². The maximum atomic E-state index is 13.1. The highest BCUT2D eigenvalue weighted by molar-refractivity contribution is 9.10. The molecule has 0 bridgehead atoms. The number of nitrogens with one attached hydrogen (secondary N) is 1. The molecule has 0 radical (unpaired) electrons. The van der Waals surface area contributed by atoms with E-state index in [1.807, 2.05) is 0 Å². The smallest absolute Gasteiger partial charge is 0.244 e. The van der Waals surface area contributed by atoms with Crippen LogP contribution in [-0.4, -0.2) is 18.4 Å². The number of benzene rings is 2. The lowest BCUT2D eigenvalue weighted by atomic mass is 10.2.